The number of aryl methyl sites for hydroxylation is 1. The first kappa shape index (κ1) is 19.1. The van der Waals surface area contributed by atoms with Gasteiger partial charge in [-0.1, -0.05) is 30.3 Å². The maximum atomic E-state index is 12.0. The summed E-state index contributed by atoms with van der Waals surface area (Å²) in [6.07, 6.45) is 0. The minimum Gasteiger partial charge on any atom is -0.497 e. The number of nitrogens with zero attached hydrogens (tertiary/aromatic N) is 3. The van der Waals surface area contributed by atoms with Crippen molar-refractivity contribution in [3.05, 3.63) is 65.5 Å². The Balaban J connectivity index is 1.75. The van der Waals surface area contributed by atoms with Crippen LogP contribution in [-0.2, 0) is 11.3 Å². The quantitative estimate of drug-likeness (QED) is 0.433. The Hall–Kier alpha value is -3.19. The molecule has 0 bridgehead atoms. The molecule has 2 heterocycles. The number of fused-ring (bicyclic) bond motifs is 1. The Morgan fingerprint density at radius 2 is 1.97 bits per heavy atom. The molecule has 0 spiro atoms. The van der Waals surface area contributed by atoms with Crippen LogP contribution in [0.3, 0.4) is 0 Å². The van der Waals surface area contributed by atoms with E-state index in [1.54, 1.807) is 36.1 Å². The predicted octanol–water partition coefficient (Wildman–Crippen LogP) is 4.70. The SMILES string of the molecule is CCOC(=O)c1cc(C)n(Cc2cc(OC)cc3sc(-c4ccccc4)nc23)n1. The van der Waals surface area contributed by atoms with Crippen molar-refractivity contribution in [1.82, 2.24) is 14.8 Å². The number of rotatable bonds is 6. The van der Waals surface area contributed by atoms with Crippen LogP contribution < -0.4 is 4.74 Å². The van der Waals surface area contributed by atoms with Crippen molar-refractivity contribution < 1.29 is 14.3 Å². The van der Waals surface area contributed by atoms with Gasteiger partial charge in [-0.15, -0.1) is 11.3 Å². The third kappa shape index (κ3) is 3.86. The van der Waals surface area contributed by atoms with Gasteiger partial charge < -0.3 is 9.47 Å². The highest BCUT2D eigenvalue weighted by Gasteiger charge is 2.16. The lowest BCUT2D eigenvalue weighted by Gasteiger charge is -2.08. The van der Waals surface area contributed by atoms with Gasteiger partial charge in [0, 0.05) is 16.8 Å². The molecule has 2 aromatic heterocycles. The summed E-state index contributed by atoms with van der Waals surface area (Å²) >= 11 is 1.63. The lowest BCUT2D eigenvalue weighted by molar-refractivity contribution is 0.0518. The molecule has 4 aromatic rings. The van der Waals surface area contributed by atoms with Gasteiger partial charge in [-0.25, -0.2) is 9.78 Å². The zero-order chi connectivity index (χ0) is 20.4. The summed E-state index contributed by atoms with van der Waals surface area (Å²) in [5, 5.41) is 5.39. The third-order valence-electron chi connectivity index (χ3n) is 4.59. The first-order valence-electron chi connectivity index (χ1n) is 9.33. The van der Waals surface area contributed by atoms with Gasteiger partial charge in [0.05, 0.1) is 30.5 Å². The van der Waals surface area contributed by atoms with E-state index in [1.165, 1.54) is 0 Å². The van der Waals surface area contributed by atoms with Crippen LogP contribution >= 0.6 is 11.3 Å². The predicted molar refractivity (Wildman–Crippen MR) is 114 cm³/mol. The minimum absolute atomic E-state index is 0.312. The van der Waals surface area contributed by atoms with E-state index >= 15 is 0 Å². The maximum absolute atomic E-state index is 12.0. The number of carbonyl (C=O) groups excluding carboxylic acids is 1. The molecular formula is C22H21N3O3S. The van der Waals surface area contributed by atoms with Gasteiger partial charge in [0.1, 0.15) is 10.8 Å². The molecule has 0 amide bonds. The Bertz CT molecular complexity index is 1160. The number of carbonyl (C=O) groups is 1. The van der Waals surface area contributed by atoms with Crippen LogP contribution in [0.5, 0.6) is 5.75 Å². The topological polar surface area (TPSA) is 66.2 Å². The van der Waals surface area contributed by atoms with Gasteiger partial charge in [-0.05, 0) is 32.0 Å². The molecule has 6 nitrogen and oxygen atoms in total. The summed E-state index contributed by atoms with van der Waals surface area (Å²) in [6.45, 7) is 4.50. The first-order valence-corrected chi connectivity index (χ1v) is 10.1. The molecule has 0 aliphatic heterocycles. The Labute approximate surface area is 172 Å². The van der Waals surface area contributed by atoms with Gasteiger partial charge in [0.25, 0.3) is 0 Å². The van der Waals surface area contributed by atoms with E-state index in [0.29, 0.717) is 18.8 Å². The molecule has 0 radical (unpaired) electrons. The number of methoxy groups -OCH3 is 1. The highest BCUT2D eigenvalue weighted by Crippen LogP contribution is 2.35. The van der Waals surface area contributed by atoms with Crippen LogP contribution in [0.1, 0.15) is 28.7 Å². The number of hydrogen-bond acceptors (Lipinski definition) is 6. The summed E-state index contributed by atoms with van der Waals surface area (Å²) in [5.41, 5.74) is 4.18. The van der Waals surface area contributed by atoms with Crippen molar-refractivity contribution in [3.63, 3.8) is 0 Å². The van der Waals surface area contributed by atoms with Gasteiger partial charge in [0.2, 0.25) is 0 Å². The van der Waals surface area contributed by atoms with Crippen LogP contribution in [0.2, 0.25) is 0 Å². The summed E-state index contributed by atoms with van der Waals surface area (Å²) < 4.78 is 13.4. The average molecular weight is 407 g/mol. The molecular weight excluding hydrogens is 386 g/mol. The fourth-order valence-electron chi connectivity index (χ4n) is 3.15. The lowest BCUT2D eigenvalue weighted by Crippen LogP contribution is -2.09. The van der Waals surface area contributed by atoms with E-state index in [2.05, 4.69) is 17.2 Å². The standard InChI is InChI=1S/C22H21N3O3S/c1-4-28-22(26)18-10-14(2)25(24-18)13-16-11-17(27-3)12-19-20(16)23-21(29-19)15-8-6-5-7-9-15/h5-12H,4,13H2,1-3H3. The minimum atomic E-state index is -0.412. The Morgan fingerprint density at radius 1 is 1.17 bits per heavy atom. The highest BCUT2D eigenvalue weighted by molar-refractivity contribution is 7.21. The van der Waals surface area contributed by atoms with E-state index in [1.807, 2.05) is 37.3 Å². The van der Waals surface area contributed by atoms with Gasteiger partial charge in [-0.3, -0.25) is 4.68 Å². The highest BCUT2D eigenvalue weighted by atomic mass is 32.1. The molecule has 0 saturated heterocycles. The average Bonchev–Trinajstić information content (AvgIpc) is 3.33. The van der Waals surface area contributed by atoms with Crippen molar-refractivity contribution in [2.75, 3.05) is 13.7 Å². The van der Waals surface area contributed by atoms with E-state index in [-0.39, 0.29) is 0 Å². The molecule has 4 rings (SSSR count). The largest absolute Gasteiger partial charge is 0.497 e. The maximum Gasteiger partial charge on any atom is 0.358 e. The zero-order valence-electron chi connectivity index (χ0n) is 16.5. The van der Waals surface area contributed by atoms with E-state index < -0.39 is 5.97 Å². The van der Waals surface area contributed by atoms with Crippen molar-refractivity contribution in [2.45, 2.75) is 20.4 Å². The van der Waals surface area contributed by atoms with Crippen molar-refractivity contribution >= 4 is 27.5 Å². The zero-order valence-corrected chi connectivity index (χ0v) is 17.3. The van der Waals surface area contributed by atoms with Crippen molar-refractivity contribution in [3.8, 4) is 16.3 Å². The molecule has 0 aliphatic carbocycles. The second kappa shape index (κ2) is 8.05. The molecule has 0 N–H and O–H groups in total. The van der Waals surface area contributed by atoms with Crippen LogP contribution in [0.25, 0.3) is 20.8 Å². The van der Waals surface area contributed by atoms with E-state index in [4.69, 9.17) is 14.5 Å². The summed E-state index contributed by atoms with van der Waals surface area (Å²) in [4.78, 5) is 16.9. The molecule has 7 heteroatoms. The molecule has 29 heavy (non-hydrogen) atoms. The number of benzene rings is 2. The fraction of sp³-hybridized carbons (Fsp3) is 0.227. The third-order valence-corrected chi connectivity index (χ3v) is 5.64. The van der Waals surface area contributed by atoms with E-state index in [9.17, 15) is 4.79 Å². The second-order valence-electron chi connectivity index (χ2n) is 6.57. The van der Waals surface area contributed by atoms with Gasteiger partial charge >= 0.3 is 5.97 Å². The smallest absolute Gasteiger partial charge is 0.358 e. The Kier molecular flexibility index (Phi) is 5.31. The van der Waals surface area contributed by atoms with Gasteiger partial charge in [-0.2, -0.15) is 5.10 Å². The summed E-state index contributed by atoms with van der Waals surface area (Å²) in [6, 6.07) is 15.8. The number of hydrogen-bond donors (Lipinski definition) is 0. The normalized spacial score (nSPS) is 11.0. The van der Waals surface area contributed by atoms with Crippen molar-refractivity contribution in [2.24, 2.45) is 0 Å². The Morgan fingerprint density at radius 3 is 2.69 bits per heavy atom. The number of ether oxygens (including phenoxy) is 2. The van der Waals surface area contributed by atoms with Gasteiger partial charge in [0.15, 0.2) is 5.69 Å². The van der Waals surface area contributed by atoms with Crippen LogP contribution in [0.15, 0.2) is 48.5 Å². The lowest BCUT2D eigenvalue weighted by atomic mass is 10.1. The van der Waals surface area contributed by atoms with Crippen molar-refractivity contribution in [1.29, 1.82) is 0 Å². The monoisotopic (exact) mass is 407 g/mol. The molecule has 0 aliphatic rings. The molecule has 0 saturated carbocycles. The first-order chi connectivity index (χ1) is 14.1. The molecule has 0 fully saturated rings. The molecule has 0 unspecified atom stereocenters. The number of aromatic nitrogens is 3. The molecule has 2 aromatic carbocycles. The van der Waals surface area contributed by atoms with Crippen LogP contribution in [0, 0.1) is 6.92 Å². The summed E-state index contributed by atoms with van der Waals surface area (Å²) in [5.74, 6) is 0.358. The number of esters is 1. The fourth-order valence-corrected chi connectivity index (χ4v) is 4.20. The van der Waals surface area contributed by atoms with Crippen LogP contribution in [0.4, 0.5) is 0 Å². The van der Waals surface area contributed by atoms with E-state index in [0.717, 1.165) is 37.8 Å². The second-order valence-corrected chi connectivity index (χ2v) is 7.60. The summed E-state index contributed by atoms with van der Waals surface area (Å²) in [7, 11) is 1.65. The van der Waals surface area contributed by atoms with Crippen LogP contribution in [-0.4, -0.2) is 34.5 Å². The molecule has 148 valence electrons. The number of thiazole rings is 1. The molecule has 0 atom stereocenters.